The molecule has 0 amide bonds. The van der Waals surface area contributed by atoms with Crippen molar-refractivity contribution in [1.29, 1.82) is 0 Å². The third kappa shape index (κ3) is 6.45. The first-order valence-electron chi connectivity index (χ1n) is 6.54. The molecule has 0 fully saturated rings. The summed E-state index contributed by atoms with van der Waals surface area (Å²) in [7, 11) is -3.48. The second-order valence-electron chi connectivity index (χ2n) is 4.58. The highest BCUT2D eigenvalue weighted by atomic mass is 127. The first-order valence-corrected chi connectivity index (χ1v) is 9.07. The maximum Gasteiger partial charge on any atom is 0.193 e. The molecule has 1 aromatic heterocycles. The Bertz CT molecular complexity index is 719. The molecule has 0 aliphatic rings. The summed E-state index contributed by atoms with van der Waals surface area (Å²) < 4.78 is 24.2. The monoisotopic (exact) mass is 467 g/mol. The van der Waals surface area contributed by atoms with Crippen molar-refractivity contribution in [2.45, 2.75) is 10.3 Å². The number of halogens is 1. The van der Waals surface area contributed by atoms with Crippen molar-refractivity contribution in [3.05, 3.63) is 47.8 Å². The molecular weight excluding hydrogens is 449 g/mol. The number of nitrogens with one attached hydrogen (secondary N) is 1. The molecule has 1 heterocycles. The number of anilines is 1. The van der Waals surface area contributed by atoms with Crippen LogP contribution in [0.4, 0.5) is 5.69 Å². The van der Waals surface area contributed by atoms with E-state index in [4.69, 9.17) is 5.73 Å². The first-order chi connectivity index (χ1) is 10.5. The fourth-order valence-corrected chi connectivity index (χ4v) is 4.21. The minimum atomic E-state index is -3.48. The Morgan fingerprint density at radius 2 is 1.96 bits per heavy atom. The molecule has 2 aromatic rings. The lowest BCUT2D eigenvalue weighted by Gasteiger charge is -2.09. The summed E-state index contributed by atoms with van der Waals surface area (Å²) in [4.78, 5) is 3.96. The summed E-state index contributed by atoms with van der Waals surface area (Å²) in [5.74, 6) is -0.255. The standard InChI is InChI=1S/C14H17N3O3S2.HI/c15-14(17-11-5-2-1-3-6-11)16-9-12(18)10-22(19,20)13-7-4-8-21-13;/h1-8,12,18H,9-10H2,(H3,15,16,17);1H. The number of nitrogens with zero attached hydrogens (tertiary/aromatic N) is 1. The zero-order chi connectivity index (χ0) is 16.0. The van der Waals surface area contributed by atoms with E-state index >= 15 is 0 Å². The smallest absolute Gasteiger partial charge is 0.193 e. The minimum Gasteiger partial charge on any atom is -0.390 e. The van der Waals surface area contributed by atoms with Gasteiger partial charge in [0.1, 0.15) is 4.21 Å². The number of sulfone groups is 1. The third-order valence-electron chi connectivity index (χ3n) is 2.73. The summed E-state index contributed by atoms with van der Waals surface area (Å²) in [6.45, 7) is -0.0870. The first kappa shape index (κ1) is 19.9. The van der Waals surface area contributed by atoms with Crippen LogP contribution in [-0.2, 0) is 9.84 Å². The molecule has 0 spiro atoms. The maximum atomic E-state index is 12.0. The van der Waals surface area contributed by atoms with Crippen LogP contribution in [-0.4, -0.2) is 37.9 Å². The average Bonchev–Trinajstić information content (AvgIpc) is 3.01. The highest BCUT2D eigenvalue weighted by Crippen LogP contribution is 2.18. The fourth-order valence-electron chi connectivity index (χ4n) is 1.74. The topological polar surface area (TPSA) is 105 Å². The van der Waals surface area contributed by atoms with E-state index in [2.05, 4.69) is 10.3 Å². The number of aliphatic hydroxyl groups excluding tert-OH is 1. The van der Waals surface area contributed by atoms with Gasteiger partial charge >= 0.3 is 0 Å². The van der Waals surface area contributed by atoms with Crippen molar-refractivity contribution in [3.8, 4) is 0 Å². The number of para-hydroxylation sites is 1. The highest BCUT2D eigenvalue weighted by molar-refractivity contribution is 14.0. The molecule has 23 heavy (non-hydrogen) atoms. The van der Waals surface area contributed by atoms with Crippen LogP contribution < -0.4 is 11.1 Å². The number of rotatable bonds is 6. The number of aliphatic hydroxyl groups is 1. The molecule has 126 valence electrons. The zero-order valence-electron chi connectivity index (χ0n) is 12.1. The molecule has 6 nitrogen and oxygen atoms in total. The molecule has 1 atom stereocenters. The van der Waals surface area contributed by atoms with E-state index in [-0.39, 0.29) is 46.4 Å². The summed E-state index contributed by atoms with van der Waals surface area (Å²) in [5.41, 5.74) is 6.46. The zero-order valence-corrected chi connectivity index (χ0v) is 16.1. The summed E-state index contributed by atoms with van der Waals surface area (Å²) in [5, 5.41) is 14.4. The second kappa shape index (κ2) is 9.21. The molecular formula is C14H18IN3O3S2. The van der Waals surface area contributed by atoms with E-state index in [0.29, 0.717) is 0 Å². The lowest BCUT2D eigenvalue weighted by Crippen LogP contribution is -2.28. The van der Waals surface area contributed by atoms with Crippen LogP contribution in [0.5, 0.6) is 0 Å². The number of hydrogen-bond acceptors (Lipinski definition) is 5. The van der Waals surface area contributed by atoms with Gasteiger partial charge in [0.2, 0.25) is 0 Å². The summed E-state index contributed by atoms with van der Waals surface area (Å²) in [6, 6.07) is 12.4. The number of nitrogens with two attached hydrogens (primary N) is 1. The lowest BCUT2D eigenvalue weighted by atomic mass is 10.3. The van der Waals surface area contributed by atoms with Crippen LogP contribution in [0.3, 0.4) is 0 Å². The molecule has 1 aromatic carbocycles. The molecule has 0 aliphatic heterocycles. The number of hydrogen-bond donors (Lipinski definition) is 3. The van der Waals surface area contributed by atoms with Gasteiger partial charge in [0.05, 0.1) is 18.4 Å². The van der Waals surface area contributed by atoms with Gasteiger partial charge in [-0.3, -0.25) is 4.99 Å². The molecule has 2 rings (SSSR count). The highest BCUT2D eigenvalue weighted by Gasteiger charge is 2.20. The Balaban J connectivity index is 0.00000264. The number of benzene rings is 1. The van der Waals surface area contributed by atoms with Crippen LogP contribution in [0.15, 0.2) is 57.0 Å². The molecule has 0 saturated carbocycles. The SMILES string of the molecule is I.NC(=NCC(O)CS(=O)(=O)c1cccs1)Nc1ccccc1. The number of thiophene rings is 1. The van der Waals surface area contributed by atoms with E-state index in [1.165, 1.54) is 6.07 Å². The summed E-state index contributed by atoms with van der Waals surface area (Å²) >= 11 is 1.13. The van der Waals surface area contributed by atoms with Crippen molar-refractivity contribution in [1.82, 2.24) is 0 Å². The van der Waals surface area contributed by atoms with Crippen molar-refractivity contribution >= 4 is 56.8 Å². The van der Waals surface area contributed by atoms with Crippen molar-refractivity contribution in [2.24, 2.45) is 10.7 Å². The predicted molar refractivity (Wildman–Crippen MR) is 104 cm³/mol. The molecule has 0 radical (unpaired) electrons. The molecule has 4 N–H and O–H groups in total. The van der Waals surface area contributed by atoms with Crippen molar-refractivity contribution in [2.75, 3.05) is 17.6 Å². The lowest BCUT2D eigenvalue weighted by molar-refractivity contribution is 0.206. The van der Waals surface area contributed by atoms with Crippen molar-refractivity contribution in [3.63, 3.8) is 0 Å². The number of guanidine groups is 1. The quantitative estimate of drug-likeness (QED) is 0.342. The normalized spacial score (nSPS) is 13.2. The molecule has 0 aliphatic carbocycles. The van der Waals surface area contributed by atoms with Crippen LogP contribution in [0.25, 0.3) is 0 Å². The van der Waals surface area contributed by atoms with E-state index in [1.807, 2.05) is 30.3 Å². The van der Waals surface area contributed by atoms with Crippen molar-refractivity contribution < 1.29 is 13.5 Å². The van der Waals surface area contributed by atoms with Gasteiger partial charge in [-0.2, -0.15) is 0 Å². The van der Waals surface area contributed by atoms with Gasteiger partial charge in [0.25, 0.3) is 0 Å². The largest absolute Gasteiger partial charge is 0.390 e. The fraction of sp³-hybridized carbons (Fsp3) is 0.214. The van der Waals surface area contributed by atoms with E-state index in [1.54, 1.807) is 11.4 Å². The average molecular weight is 467 g/mol. The molecule has 0 saturated heterocycles. The second-order valence-corrected chi connectivity index (χ2v) is 7.79. The van der Waals surface area contributed by atoms with Crippen LogP contribution in [0.2, 0.25) is 0 Å². The van der Waals surface area contributed by atoms with Gasteiger partial charge in [0.15, 0.2) is 15.8 Å². The Kier molecular flexibility index (Phi) is 7.95. The van der Waals surface area contributed by atoms with Gasteiger partial charge in [-0.15, -0.1) is 35.3 Å². The molecule has 0 bridgehead atoms. The Morgan fingerprint density at radius 3 is 2.57 bits per heavy atom. The molecule has 1 unspecified atom stereocenters. The van der Waals surface area contributed by atoms with Crippen LogP contribution in [0.1, 0.15) is 0 Å². The Morgan fingerprint density at radius 1 is 1.26 bits per heavy atom. The maximum absolute atomic E-state index is 12.0. The third-order valence-corrected chi connectivity index (χ3v) is 6.02. The van der Waals surface area contributed by atoms with Gasteiger partial charge in [0, 0.05) is 5.69 Å². The van der Waals surface area contributed by atoms with Gasteiger partial charge in [-0.25, -0.2) is 8.42 Å². The predicted octanol–water partition coefficient (Wildman–Crippen LogP) is 1.93. The minimum absolute atomic E-state index is 0. The Hall–Kier alpha value is -1.17. The van der Waals surface area contributed by atoms with Gasteiger partial charge in [-0.1, -0.05) is 24.3 Å². The van der Waals surface area contributed by atoms with E-state index in [0.717, 1.165) is 17.0 Å². The van der Waals surface area contributed by atoms with Gasteiger partial charge < -0.3 is 16.2 Å². The Labute approximate surface area is 156 Å². The van der Waals surface area contributed by atoms with Gasteiger partial charge in [-0.05, 0) is 23.6 Å². The number of aliphatic imine (C=N–C) groups is 1. The van der Waals surface area contributed by atoms with Crippen LogP contribution >= 0.6 is 35.3 Å². The van der Waals surface area contributed by atoms with E-state index in [9.17, 15) is 13.5 Å². The summed E-state index contributed by atoms with van der Waals surface area (Å²) in [6.07, 6.45) is -1.11. The molecule has 9 heteroatoms. The van der Waals surface area contributed by atoms with Crippen LogP contribution in [0, 0.1) is 0 Å². The van der Waals surface area contributed by atoms with E-state index < -0.39 is 15.9 Å².